The molecule has 4 heteroatoms. The molecule has 0 saturated heterocycles. The summed E-state index contributed by atoms with van der Waals surface area (Å²) in [5.74, 6) is -0.406. The van der Waals surface area contributed by atoms with Crippen molar-refractivity contribution in [3.05, 3.63) is 29.3 Å². The Morgan fingerprint density at radius 3 is 2.80 bits per heavy atom. The highest BCUT2D eigenvalue weighted by atomic mass is 16.5. The second-order valence-electron chi connectivity index (χ2n) is 3.37. The Labute approximate surface area is 88.7 Å². The van der Waals surface area contributed by atoms with Gasteiger partial charge in [0.25, 0.3) is 0 Å². The minimum atomic E-state index is -0.985. The molecule has 0 spiro atoms. The van der Waals surface area contributed by atoms with E-state index in [4.69, 9.17) is 15.6 Å². The maximum atomic E-state index is 10.7. The molecule has 0 fully saturated rings. The quantitative estimate of drug-likeness (QED) is 0.784. The van der Waals surface area contributed by atoms with Crippen LogP contribution < -0.4 is 10.5 Å². The van der Waals surface area contributed by atoms with Gasteiger partial charge in [0.05, 0.1) is 0 Å². The first-order valence-corrected chi connectivity index (χ1v) is 4.74. The van der Waals surface area contributed by atoms with Crippen LogP contribution in [0.25, 0.3) is 0 Å². The topological polar surface area (TPSA) is 72.5 Å². The highest BCUT2D eigenvalue weighted by Gasteiger charge is 2.15. The highest BCUT2D eigenvalue weighted by molar-refractivity contribution is 5.72. The molecule has 1 atom stereocenters. The number of nitrogens with two attached hydrogens (primary N) is 1. The molecule has 0 aliphatic heterocycles. The van der Waals surface area contributed by atoms with Crippen molar-refractivity contribution in [3.8, 4) is 5.75 Å². The van der Waals surface area contributed by atoms with Crippen molar-refractivity contribution in [1.82, 2.24) is 0 Å². The van der Waals surface area contributed by atoms with Gasteiger partial charge in [-0.3, -0.25) is 0 Å². The van der Waals surface area contributed by atoms with Crippen molar-refractivity contribution < 1.29 is 14.6 Å². The summed E-state index contributed by atoms with van der Waals surface area (Å²) in [7, 11) is 0. The number of ether oxygens (including phenoxy) is 1. The average molecular weight is 209 g/mol. The van der Waals surface area contributed by atoms with E-state index in [1.807, 2.05) is 25.1 Å². The fourth-order valence-electron chi connectivity index (χ4n) is 1.27. The largest absolute Gasteiger partial charge is 0.479 e. The molecule has 15 heavy (non-hydrogen) atoms. The molecular formula is C11H15NO3. The number of carboxylic acid groups (broad SMARTS) is 1. The van der Waals surface area contributed by atoms with Crippen LogP contribution in [0.1, 0.15) is 18.1 Å². The van der Waals surface area contributed by atoms with Gasteiger partial charge in [0.2, 0.25) is 0 Å². The lowest BCUT2D eigenvalue weighted by Crippen LogP contribution is -2.24. The first-order chi connectivity index (χ1) is 7.06. The van der Waals surface area contributed by atoms with E-state index in [0.29, 0.717) is 12.3 Å². The lowest BCUT2D eigenvalue weighted by Gasteiger charge is -2.15. The van der Waals surface area contributed by atoms with Crippen LogP contribution in [0.2, 0.25) is 0 Å². The van der Waals surface area contributed by atoms with E-state index >= 15 is 0 Å². The van der Waals surface area contributed by atoms with Gasteiger partial charge in [-0.15, -0.1) is 0 Å². The number of para-hydroxylation sites is 1. The molecule has 1 aromatic rings. The number of hydrogen-bond acceptors (Lipinski definition) is 3. The Morgan fingerprint density at radius 2 is 2.27 bits per heavy atom. The van der Waals surface area contributed by atoms with E-state index in [2.05, 4.69) is 0 Å². The van der Waals surface area contributed by atoms with Gasteiger partial charge < -0.3 is 15.6 Å². The van der Waals surface area contributed by atoms with Crippen LogP contribution >= 0.6 is 0 Å². The Balaban J connectivity index is 2.97. The van der Waals surface area contributed by atoms with E-state index in [1.54, 1.807) is 0 Å². The van der Waals surface area contributed by atoms with Gasteiger partial charge in [-0.05, 0) is 19.4 Å². The smallest absolute Gasteiger partial charge is 0.344 e. The maximum absolute atomic E-state index is 10.7. The molecule has 82 valence electrons. The molecule has 4 nitrogen and oxygen atoms in total. The van der Waals surface area contributed by atoms with Crippen molar-refractivity contribution in [2.75, 3.05) is 0 Å². The van der Waals surface area contributed by atoms with Crippen molar-refractivity contribution in [2.24, 2.45) is 5.73 Å². The third-order valence-electron chi connectivity index (χ3n) is 2.16. The van der Waals surface area contributed by atoms with Gasteiger partial charge >= 0.3 is 5.97 Å². The number of aliphatic carboxylic acids is 1. The third-order valence-corrected chi connectivity index (χ3v) is 2.16. The second kappa shape index (κ2) is 4.79. The van der Waals surface area contributed by atoms with Crippen molar-refractivity contribution in [1.29, 1.82) is 0 Å². The van der Waals surface area contributed by atoms with Crippen LogP contribution in [-0.2, 0) is 11.3 Å². The minimum Gasteiger partial charge on any atom is -0.479 e. The molecule has 0 radical (unpaired) electrons. The molecule has 3 N–H and O–H groups in total. The first kappa shape index (κ1) is 11.5. The predicted octanol–water partition coefficient (Wildman–Crippen LogP) is 1.31. The maximum Gasteiger partial charge on any atom is 0.344 e. The first-order valence-electron chi connectivity index (χ1n) is 4.74. The molecule has 0 saturated carbocycles. The number of hydrogen-bond donors (Lipinski definition) is 2. The summed E-state index contributed by atoms with van der Waals surface area (Å²) in [6.07, 6.45) is -0.864. The van der Waals surface area contributed by atoms with E-state index in [1.165, 1.54) is 6.92 Å². The zero-order valence-corrected chi connectivity index (χ0v) is 8.86. The van der Waals surface area contributed by atoms with Crippen molar-refractivity contribution in [2.45, 2.75) is 26.5 Å². The number of rotatable bonds is 4. The number of aryl methyl sites for hydroxylation is 1. The summed E-state index contributed by atoms with van der Waals surface area (Å²) in [5.41, 5.74) is 7.26. The molecule has 0 bridgehead atoms. The van der Waals surface area contributed by atoms with Gasteiger partial charge in [-0.25, -0.2) is 4.79 Å². The second-order valence-corrected chi connectivity index (χ2v) is 3.37. The molecule has 0 heterocycles. The number of carboxylic acids is 1. The van der Waals surface area contributed by atoms with Gasteiger partial charge in [-0.2, -0.15) is 0 Å². The summed E-state index contributed by atoms with van der Waals surface area (Å²) in [6, 6.07) is 5.57. The molecule has 0 aromatic heterocycles. The SMILES string of the molecule is Cc1cccc(CN)c1OC(C)C(=O)O. The zero-order valence-electron chi connectivity index (χ0n) is 8.86. The monoisotopic (exact) mass is 209 g/mol. The average Bonchev–Trinajstić information content (AvgIpc) is 2.20. The summed E-state index contributed by atoms with van der Waals surface area (Å²) in [5, 5.41) is 8.74. The van der Waals surface area contributed by atoms with Crippen LogP contribution in [0.4, 0.5) is 0 Å². The van der Waals surface area contributed by atoms with Crippen LogP contribution in [-0.4, -0.2) is 17.2 Å². The summed E-state index contributed by atoms with van der Waals surface area (Å²) >= 11 is 0. The number of benzene rings is 1. The van der Waals surface area contributed by atoms with E-state index in [-0.39, 0.29) is 0 Å². The highest BCUT2D eigenvalue weighted by Crippen LogP contribution is 2.24. The Morgan fingerprint density at radius 1 is 1.60 bits per heavy atom. The lowest BCUT2D eigenvalue weighted by molar-refractivity contribution is -0.144. The normalized spacial score (nSPS) is 12.2. The number of carbonyl (C=O) groups is 1. The van der Waals surface area contributed by atoms with Crippen LogP contribution in [0.3, 0.4) is 0 Å². The van der Waals surface area contributed by atoms with E-state index in [0.717, 1.165) is 11.1 Å². The van der Waals surface area contributed by atoms with Crippen LogP contribution in [0.5, 0.6) is 5.75 Å². The summed E-state index contributed by atoms with van der Waals surface area (Å²) < 4.78 is 5.35. The minimum absolute atomic E-state index is 0.337. The Kier molecular flexibility index (Phi) is 3.68. The standard InChI is InChI=1S/C11H15NO3/c1-7-4-3-5-9(6-12)10(7)15-8(2)11(13)14/h3-5,8H,6,12H2,1-2H3,(H,13,14). The van der Waals surface area contributed by atoms with Crippen molar-refractivity contribution in [3.63, 3.8) is 0 Å². The molecule has 1 rings (SSSR count). The molecule has 1 unspecified atom stereocenters. The van der Waals surface area contributed by atoms with Crippen LogP contribution in [0, 0.1) is 6.92 Å². The molecule has 0 aliphatic carbocycles. The zero-order chi connectivity index (χ0) is 11.4. The molecule has 0 aliphatic rings. The summed E-state index contributed by atoms with van der Waals surface area (Å²) in [4.78, 5) is 10.7. The predicted molar refractivity (Wildman–Crippen MR) is 56.8 cm³/mol. The molecular weight excluding hydrogens is 194 g/mol. The third kappa shape index (κ3) is 2.70. The van der Waals surface area contributed by atoms with E-state index in [9.17, 15) is 4.79 Å². The fraction of sp³-hybridized carbons (Fsp3) is 0.364. The van der Waals surface area contributed by atoms with Crippen LogP contribution in [0.15, 0.2) is 18.2 Å². The van der Waals surface area contributed by atoms with Gasteiger partial charge in [0.15, 0.2) is 6.10 Å². The van der Waals surface area contributed by atoms with Crippen molar-refractivity contribution >= 4 is 5.97 Å². The van der Waals surface area contributed by atoms with E-state index < -0.39 is 12.1 Å². The fourth-order valence-corrected chi connectivity index (χ4v) is 1.27. The van der Waals surface area contributed by atoms with Gasteiger partial charge in [0, 0.05) is 12.1 Å². The molecule has 1 aromatic carbocycles. The Bertz CT molecular complexity index is 363. The summed E-state index contributed by atoms with van der Waals surface area (Å²) in [6.45, 7) is 3.70. The van der Waals surface area contributed by atoms with Gasteiger partial charge in [0.1, 0.15) is 5.75 Å². The lowest BCUT2D eigenvalue weighted by atomic mass is 10.1. The molecule has 0 amide bonds. The van der Waals surface area contributed by atoms with Gasteiger partial charge in [-0.1, -0.05) is 18.2 Å². The Hall–Kier alpha value is -1.55.